The van der Waals surface area contributed by atoms with Crippen LogP contribution in [0.25, 0.3) is 0 Å². The highest BCUT2D eigenvalue weighted by molar-refractivity contribution is 8.03. The summed E-state index contributed by atoms with van der Waals surface area (Å²) < 4.78 is 0. The molecule has 0 aliphatic heterocycles. The molecule has 16 heavy (non-hydrogen) atoms. The zero-order chi connectivity index (χ0) is 12.6. The lowest BCUT2D eigenvalue weighted by Gasteiger charge is -2.23. The lowest BCUT2D eigenvalue weighted by atomic mass is 10.1. The molecule has 0 fully saturated rings. The van der Waals surface area contributed by atoms with Crippen molar-refractivity contribution in [2.45, 2.75) is 25.6 Å². The first-order valence-electron chi connectivity index (χ1n) is 5.25. The minimum Gasteiger partial charge on any atom is -0.399 e. The SMILES string of the molecule is CC.Nc1ccc(CC(O)(CO)PP)cc1. The van der Waals surface area contributed by atoms with E-state index in [1.807, 2.05) is 26.0 Å². The predicted octanol–water partition coefficient (Wildman–Crippen LogP) is 1.99. The summed E-state index contributed by atoms with van der Waals surface area (Å²) in [6.07, 6.45) is 0.450. The zero-order valence-electron chi connectivity index (χ0n) is 9.77. The topological polar surface area (TPSA) is 66.5 Å². The molecule has 0 spiro atoms. The molecular weight excluding hydrogens is 240 g/mol. The lowest BCUT2D eigenvalue weighted by molar-refractivity contribution is 0.0636. The second-order valence-electron chi connectivity index (χ2n) is 3.25. The summed E-state index contributed by atoms with van der Waals surface area (Å²) in [6, 6.07) is 7.31. The molecule has 1 aromatic rings. The summed E-state index contributed by atoms with van der Waals surface area (Å²) in [4.78, 5) is 0. The number of nitrogen functional groups attached to an aromatic ring is 1. The predicted molar refractivity (Wildman–Crippen MR) is 76.0 cm³/mol. The average Bonchev–Trinajstić information content (AvgIpc) is 2.34. The van der Waals surface area contributed by atoms with Gasteiger partial charge in [-0.1, -0.05) is 34.2 Å². The van der Waals surface area contributed by atoms with Crippen molar-refractivity contribution in [1.82, 2.24) is 0 Å². The summed E-state index contributed by atoms with van der Waals surface area (Å²) in [5, 5.41) is 17.9. The van der Waals surface area contributed by atoms with Crippen molar-refractivity contribution < 1.29 is 10.2 Å². The Balaban J connectivity index is 0.00000106. The van der Waals surface area contributed by atoms with E-state index in [-0.39, 0.29) is 14.9 Å². The van der Waals surface area contributed by atoms with Gasteiger partial charge in [0.1, 0.15) is 5.34 Å². The number of rotatable bonds is 4. The largest absolute Gasteiger partial charge is 0.399 e. The van der Waals surface area contributed by atoms with Gasteiger partial charge in [0, 0.05) is 12.1 Å². The first-order valence-corrected chi connectivity index (χ1v) is 8.06. The standard InChI is InChI=1S/C9H15NO2P2.C2H6/c10-8-3-1-7(2-4-8)5-9(12,6-11)14-13;1-2/h1-4,11-12,14H,5-6,10,13H2;1-2H3. The minimum atomic E-state index is -1.01. The number of aliphatic hydroxyl groups excluding tert-OH is 1. The number of anilines is 1. The molecule has 1 rings (SSSR count). The number of hydrogen-bond donors (Lipinski definition) is 3. The van der Waals surface area contributed by atoms with Gasteiger partial charge in [-0.2, -0.15) is 0 Å². The van der Waals surface area contributed by atoms with Crippen LogP contribution in [0.5, 0.6) is 0 Å². The molecule has 0 saturated carbocycles. The summed E-state index contributed by atoms with van der Waals surface area (Å²) >= 11 is 0. The maximum Gasteiger partial charge on any atom is 0.111 e. The van der Waals surface area contributed by atoms with Gasteiger partial charge in [-0.15, -0.1) is 8.93 Å². The van der Waals surface area contributed by atoms with Crippen LogP contribution in [-0.4, -0.2) is 22.2 Å². The van der Waals surface area contributed by atoms with Crippen molar-refractivity contribution in [2.75, 3.05) is 12.3 Å². The van der Waals surface area contributed by atoms with E-state index in [1.165, 1.54) is 0 Å². The van der Waals surface area contributed by atoms with E-state index < -0.39 is 5.34 Å². The summed E-state index contributed by atoms with van der Waals surface area (Å²) in [5.74, 6) is 0. The maximum absolute atomic E-state index is 9.86. The van der Waals surface area contributed by atoms with Crippen molar-refractivity contribution in [2.24, 2.45) is 0 Å². The van der Waals surface area contributed by atoms with Gasteiger partial charge in [0.2, 0.25) is 0 Å². The highest BCUT2D eigenvalue weighted by Crippen LogP contribution is 2.38. The number of hydrogen-bond acceptors (Lipinski definition) is 3. The van der Waals surface area contributed by atoms with E-state index in [9.17, 15) is 5.11 Å². The van der Waals surface area contributed by atoms with Gasteiger partial charge in [0.15, 0.2) is 0 Å². The van der Waals surface area contributed by atoms with Crippen LogP contribution in [0, 0.1) is 0 Å². The highest BCUT2D eigenvalue weighted by atomic mass is 32.0. The van der Waals surface area contributed by atoms with E-state index in [1.54, 1.807) is 12.1 Å². The monoisotopic (exact) mass is 261 g/mol. The van der Waals surface area contributed by atoms with Crippen LogP contribution >= 0.6 is 17.2 Å². The lowest BCUT2D eigenvalue weighted by Crippen LogP contribution is -2.29. The Kier molecular flexibility index (Phi) is 7.87. The Labute approximate surface area is 101 Å². The van der Waals surface area contributed by atoms with Crippen LogP contribution in [0.1, 0.15) is 19.4 Å². The second-order valence-corrected chi connectivity index (χ2v) is 5.34. The van der Waals surface area contributed by atoms with Gasteiger partial charge < -0.3 is 15.9 Å². The second kappa shape index (κ2) is 7.97. The van der Waals surface area contributed by atoms with Crippen molar-refractivity contribution in [1.29, 1.82) is 0 Å². The third-order valence-corrected chi connectivity index (χ3v) is 4.49. The molecule has 0 heterocycles. The Morgan fingerprint density at radius 1 is 1.31 bits per heavy atom. The Hall–Kier alpha value is -0.200. The van der Waals surface area contributed by atoms with E-state index >= 15 is 0 Å². The highest BCUT2D eigenvalue weighted by Gasteiger charge is 2.23. The first kappa shape index (κ1) is 15.8. The molecule has 0 amide bonds. The van der Waals surface area contributed by atoms with Crippen LogP contribution in [0.3, 0.4) is 0 Å². The van der Waals surface area contributed by atoms with E-state index in [0.717, 1.165) is 5.56 Å². The molecule has 0 aliphatic rings. The Morgan fingerprint density at radius 2 is 1.81 bits per heavy atom. The average molecular weight is 261 g/mol. The molecule has 0 aliphatic carbocycles. The van der Waals surface area contributed by atoms with Crippen LogP contribution in [0.4, 0.5) is 5.69 Å². The number of benzene rings is 1. The third-order valence-electron chi connectivity index (χ3n) is 2.01. The molecule has 0 aromatic heterocycles. The van der Waals surface area contributed by atoms with E-state index in [2.05, 4.69) is 8.93 Å². The minimum absolute atomic E-state index is 0.216. The first-order chi connectivity index (χ1) is 7.59. The van der Waals surface area contributed by atoms with Crippen LogP contribution in [0.15, 0.2) is 24.3 Å². The molecule has 92 valence electrons. The molecule has 4 N–H and O–H groups in total. The normalized spacial score (nSPS) is 14.3. The quantitative estimate of drug-likeness (QED) is 0.573. The zero-order valence-corrected chi connectivity index (χ0v) is 11.9. The fourth-order valence-corrected chi connectivity index (χ4v) is 2.10. The van der Waals surface area contributed by atoms with Crippen molar-refractivity contribution in [3.05, 3.63) is 29.8 Å². The molecule has 5 heteroatoms. The molecule has 3 nitrogen and oxygen atoms in total. The van der Waals surface area contributed by atoms with Gasteiger partial charge in [-0.25, -0.2) is 0 Å². The third kappa shape index (κ3) is 5.23. The molecule has 0 radical (unpaired) electrons. The number of aliphatic hydroxyl groups is 2. The van der Waals surface area contributed by atoms with Crippen molar-refractivity contribution in [3.63, 3.8) is 0 Å². The van der Waals surface area contributed by atoms with E-state index in [4.69, 9.17) is 10.8 Å². The van der Waals surface area contributed by atoms with Gasteiger partial charge in [0.05, 0.1) is 6.61 Å². The van der Waals surface area contributed by atoms with Crippen LogP contribution in [-0.2, 0) is 6.42 Å². The van der Waals surface area contributed by atoms with Crippen molar-refractivity contribution >= 4 is 22.9 Å². The molecule has 1 aromatic carbocycles. The van der Waals surface area contributed by atoms with Crippen LogP contribution < -0.4 is 5.73 Å². The Morgan fingerprint density at radius 3 is 2.19 bits per heavy atom. The fourth-order valence-electron chi connectivity index (χ4n) is 1.13. The summed E-state index contributed by atoms with van der Waals surface area (Å²) in [5.41, 5.74) is 7.22. The maximum atomic E-state index is 9.86. The molecule has 3 unspecified atom stereocenters. The summed E-state index contributed by atoms with van der Waals surface area (Å²) in [6.45, 7) is 3.78. The van der Waals surface area contributed by atoms with Crippen molar-refractivity contribution in [3.8, 4) is 0 Å². The van der Waals surface area contributed by atoms with Gasteiger partial charge in [-0.3, -0.25) is 0 Å². The van der Waals surface area contributed by atoms with Crippen LogP contribution in [0.2, 0.25) is 0 Å². The molecule has 0 bridgehead atoms. The Bertz CT molecular complexity index is 287. The molecule has 0 saturated heterocycles. The molecular formula is C11H21NO2P2. The summed E-state index contributed by atoms with van der Waals surface area (Å²) in [7, 11) is 2.68. The van der Waals surface area contributed by atoms with Gasteiger partial charge >= 0.3 is 0 Å². The van der Waals surface area contributed by atoms with E-state index in [0.29, 0.717) is 12.1 Å². The van der Waals surface area contributed by atoms with Gasteiger partial charge in [-0.05, 0) is 17.7 Å². The smallest absolute Gasteiger partial charge is 0.111 e. The van der Waals surface area contributed by atoms with Gasteiger partial charge in [0.25, 0.3) is 0 Å². The fraction of sp³-hybridized carbons (Fsp3) is 0.455. The molecule has 3 atom stereocenters. The number of nitrogens with two attached hydrogens (primary N) is 1.